The molecule has 0 bridgehead atoms. The first kappa shape index (κ1) is 19.4. The van der Waals surface area contributed by atoms with Gasteiger partial charge in [0.25, 0.3) is 0 Å². The minimum Gasteiger partial charge on any atom is -0.481 e. The standard InChI is InChI=1S/C17H32N2O2.CH4/c20-17(21)16(6-4-15-8-12-19-13-9-15)5-3-14-2-1-10-18-11-7-14;/h14-16,18-19H,1-13H2,(H,20,21);1H4. The molecule has 0 aromatic heterocycles. The Hall–Kier alpha value is -0.610. The van der Waals surface area contributed by atoms with Gasteiger partial charge in [0.2, 0.25) is 0 Å². The number of carboxylic acid groups (broad SMARTS) is 1. The second-order valence-corrected chi connectivity index (χ2v) is 6.93. The second-order valence-electron chi connectivity index (χ2n) is 6.93. The van der Waals surface area contributed by atoms with Crippen LogP contribution in [0.5, 0.6) is 0 Å². The molecule has 0 spiro atoms. The van der Waals surface area contributed by atoms with Gasteiger partial charge in [0, 0.05) is 0 Å². The highest BCUT2D eigenvalue weighted by Gasteiger charge is 2.22. The number of nitrogens with one attached hydrogen (secondary N) is 2. The smallest absolute Gasteiger partial charge is 0.306 e. The molecular formula is C18H36N2O2. The van der Waals surface area contributed by atoms with Crippen molar-refractivity contribution in [2.24, 2.45) is 17.8 Å². The molecule has 0 aromatic rings. The summed E-state index contributed by atoms with van der Waals surface area (Å²) in [6, 6.07) is 0. The molecule has 4 heteroatoms. The average Bonchev–Trinajstić information content (AvgIpc) is 2.76. The van der Waals surface area contributed by atoms with Crippen LogP contribution in [0.25, 0.3) is 0 Å². The number of piperidine rings is 1. The number of aliphatic carboxylic acids is 1. The Morgan fingerprint density at radius 1 is 0.909 bits per heavy atom. The van der Waals surface area contributed by atoms with Crippen LogP contribution in [-0.4, -0.2) is 37.3 Å². The van der Waals surface area contributed by atoms with E-state index in [1.807, 2.05) is 0 Å². The van der Waals surface area contributed by atoms with Crippen LogP contribution in [0.1, 0.15) is 65.2 Å². The van der Waals surface area contributed by atoms with Crippen LogP contribution in [0.3, 0.4) is 0 Å². The summed E-state index contributed by atoms with van der Waals surface area (Å²) < 4.78 is 0. The highest BCUT2D eigenvalue weighted by atomic mass is 16.4. The van der Waals surface area contributed by atoms with Crippen LogP contribution in [0.15, 0.2) is 0 Å². The molecule has 0 aliphatic carbocycles. The molecule has 2 aliphatic heterocycles. The highest BCUT2D eigenvalue weighted by Crippen LogP contribution is 2.27. The van der Waals surface area contributed by atoms with Gasteiger partial charge in [-0.1, -0.05) is 7.43 Å². The third-order valence-corrected chi connectivity index (χ3v) is 5.35. The van der Waals surface area contributed by atoms with Crippen molar-refractivity contribution < 1.29 is 9.90 Å². The number of carbonyl (C=O) groups is 1. The molecule has 0 amide bonds. The largest absolute Gasteiger partial charge is 0.481 e. The minimum absolute atomic E-state index is 0. The van der Waals surface area contributed by atoms with Gasteiger partial charge in [-0.25, -0.2) is 0 Å². The molecule has 0 radical (unpaired) electrons. The van der Waals surface area contributed by atoms with Crippen molar-refractivity contribution in [1.82, 2.24) is 10.6 Å². The fourth-order valence-corrected chi connectivity index (χ4v) is 3.82. The van der Waals surface area contributed by atoms with E-state index in [9.17, 15) is 9.90 Å². The minimum atomic E-state index is -0.573. The first-order valence-electron chi connectivity index (χ1n) is 8.90. The van der Waals surface area contributed by atoms with E-state index in [0.717, 1.165) is 63.7 Å². The zero-order valence-electron chi connectivity index (χ0n) is 13.3. The number of hydrogen-bond acceptors (Lipinski definition) is 3. The van der Waals surface area contributed by atoms with Crippen molar-refractivity contribution in [2.45, 2.75) is 65.2 Å². The predicted molar refractivity (Wildman–Crippen MR) is 92.1 cm³/mol. The first-order chi connectivity index (χ1) is 10.3. The summed E-state index contributed by atoms with van der Waals surface area (Å²) >= 11 is 0. The maximum atomic E-state index is 11.5. The summed E-state index contributed by atoms with van der Waals surface area (Å²) in [7, 11) is 0. The monoisotopic (exact) mass is 312 g/mol. The van der Waals surface area contributed by atoms with Crippen molar-refractivity contribution in [3.63, 3.8) is 0 Å². The molecule has 0 saturated carbocycles. The Balaban J connectivity index is 0.00000242. The molecule has 4 nitrogen and oxygen atoms in total. The van der Waals surface area contributed by atoms with Crippen molar-refractivity contribution >= 4 is 5.97 Å². The van der Waals surface area contributed by atoms with Crippen LogP contribution in [0, 0.1) is 17.8 Å². The van der Waals surface area contributed by atoms with Gasteiger partial charge in [-0.15, -0.1) is 0 Å². The van der Waals surface area contributed by atoms with Crippen molar-refractivity contribution in [1.29, 1.82) is 0 Å². The Morgan fingerprint density at radius 3 is 1.95 bits per heavy atom. The molecule has 22 heavy (non-hydrogen) atoms. The lowest BCUT2D eigenvalue weighted by Gasteiger charge is -2.24. The molecule has 2 unspecified atom stereocenters. The third-order valence-electron chi connectivity index (χ3n) is 5.35. The summed E-state index contributed by atoms with van der Waals surface area (Å²) in [6.45, 7) is 4.46. The normalized spacial score (nSPS) is 25.0. The van der Waals surface area contributed by atoms with Crippen molar-refractivity contribution in [3.8, 4) is 0 Å². The summed E-state index contributed by atoms with van der Waals surface area (Å²) in [5.41, 5.74) is 0. The lowest BCUT2D eigenvalue weighted by atomic mass is 9.85. The van der Waals surface area contributed by atoms with Gasteiger partial charge >= 0.3 is 5.97 Å². The molecule has 2 saturated heterocycles. The van der Waals surface area contributed by atoms with E-state index in [4.69, 9.17) is 0 Å². The van der Waals surface area contributed by atoms with Gasteiger partial charge in [0.15, 0.2) is 0 Å². The summed E-state index contributed by atoms with van der Waals surface area (Å²) in [6.07, 6.45) is 10.2. The molecule has 2 aliphatic rings. The number of rotatable bonds is 7. The third kappa shape index (κ3) is 7.10. The molecule has 2 rings (SSSR count). The van der Waals surface area contributed by atoms with Crippen LogP contribution in [0.4, 0.5) is 0 Å². The Morgan fingerprint density at radius 2 is 1.41 bits per heavy atom. The molecule has 2 fully saturated rings. The van der Waals surface area contributed by atoms with E-state index in [-0.39, 0.29) is 13.3 Å². The number of carboxylic acids is 1. The van der Waals surface area contributed by atoms with Crippen molar-refractivity contribution in [3.05, 3.63) is 0 Å². The quantitative estimate of drug-likeness (QED) is 0.675. The molecule has 0 aromatic carbocycles. The molecule has 130 valence electrons. The number of hydrogen-bond donors (Lipinski definition) is 3. The van der Waals surface area contributed by atoms with E-state index < -0.39 is 5.97 Å². The van der Waals surface area contributed by atoms with E-state index in [2.05, 4.69) is 10.6 Å². The van der Waals surface area contributed by atoms with Gasteiger partial charge in [0.1, 0.15) is 0 Å². The van der Waals surface area contributed by atoms with Crippen LogP contribution in [0.2, 0.25) is 0 Å². The van der Waals surface area contributed by atoms with Crippen LogP contribution >= 0.6 is 0 Å². The zero-order valence-corrected chi connectivity index (χ0v) is 13.3. The molecule has 2 atom stereocenters. The van der Waals surface area contributed by atoms with E-state index >= 15 is 0 Å². The molecule has 3 N–H and O–H groups in total. The average molecular weight is 312 g/mol. The first-order valence-corrected chi connectivity index (χ1v) is 8.90. The summed E-state index contributed by atoms with van der Waals surface area (Å²) in [4.78, 5) is 11.5. The van der Waals surface area contributed by atoms with Gasteiger partial charge in [0.05, 0.1) is 5.92 Å². The Labute approximate surface area is 136 Å². The Kier molecular flexibility index (Phi) is 9.73. The van der Waals surface area contributed by atoms with Gasteiger partial charge in [-0.2, -0.15) is 0 Å². The van der Waals surface area contributed by atoms with Gasteiger partial charge < -0.3 is 15.7 Å². The zero-order chi connectivity index (χ0) is 14.9. The summed E-state index contributed by atoms with van der Waals surface area (Å²) in [5, 5.41) is 16.3. The lowest BCUT2D eigenvalue weighted by Crippen LogP contribution is -2.28. The van der Waals surface area contributed by atoms with E-state index in [1.165, 1.54) is 32.1 Å². The molecular weight excluding hydrogens is 276 g/mol. The van der Waals surface area contributed by atoms with Gasteiger partial charge in [-0.05, 0) is 95.8 Å². The van der Waals surface area contributed by atoms with E-state index in [0.29, 0.717) is 0 Å². The van der Waals surface area contributed by atoms with Crippen LogP contribution in [-0.2, 0) is 4.79 Å². The fraction of sp³-hybridized carbons (Fsp3) is 0.944. The molecule has 2 heterocycles. The maximum absolute atomic E-state index is 11.5. The SMILES string of the molecule is C.O=C(O)C(CCC1CCCNCC1)CCC1CCNCC1. The topological polar surface area (TPSA) is 61.4 Å². The predicted octanol–water partition coefficient (Wildman–Crippen LogP) is 3.27. The fourth-order valence-electron chi connectivity index (χ4n) is 3.82. The van der Waals surface area contributed by atoms with Crippen molar-refractivity contribution in [2.75, 3.05) is 26.2 Å². The highest BCUT2D eigenvalue weighted by molar-refractivity contribution is 5.69. The maximum Gasteiger partial charge on any atom is 0.306 e. The Bertz CT molecular complexity index is 295. The lowest BCUT2D eigenvalue weighted by molar-refractivity contribution is -0.142. The van der Waals surface area contributed by atoms with Gasteiger partial charge in [-0.3, -0.25) is 4.79 Å². The second kappa shape index (κ2) is 11.0. The van der Waals surface area contributed by atoms with Crippen LogP contribution < -0.4 is 10.6 Å². The summed E-state index contributed by atoms with van der Waals surface area (Å²) in [5.74, 6) is 0.794. The van der Waals surface area contributed by atoms with E-state index in [1.54, 1.807) is 0 Å².